The highest BCUT2D eigenvalue weighted by atomic mass is 19.1. The Morgan fingerprint density at radius 2 is 2.24 bits per heavy atom. The lowest BCUT2D eigenvalue weighted by Crippen LogP contribution is -1.96. The van der Waals surface area contributed by atoms with Gasteiger partial charge in [0.05, 0.1) is 11.3 Å². The van der Waals surface area contributed by atoms with E-state index in [1.165, 1.54) is 12.1 Å². The van der Waals surface area contributed by atoms with E-state index in [4.69, 9.17) is 10.3 Å². The Labute approximate surface area is 99.4 Å². The summed E-state index contributed by atoms with van der Waals surface area (Å²) in [6.45, 7) is 4.10. The zero-order valence-electron chi connectivity index (χ0n) is 9.90. The van der Waals surface area contributed by atoms with Gasteiger partial charge >= 0.3 is 0 Å². The third-order valence-corrected chi connectivity index (χ3v) is 2.94. The molecule has 0 saturated heterocycles. The van der Waals surface area contributed by atoms with E-state index in [-0.39, 0.29) is 17.6 Å². The first-order chi connectivity index (χ1) is 8.13. The fourth-order valence-corrected chi connectivity index (χ4v) is 1.78. The van der Waals surface area contributed by atoms with Gasteiger partial charge < -0.3 is 10.3 Å². The molecule has 17 heavy (non-hydrogen) atoms. The van der Waals surface area contributed by atoms with Crippen LogP contribution in [0.25, 0.3) is 11.1 Å². The molecule has 1 unspecified atom stereocenters. The van der Waals surface area contributed by atoms with Gasteiger partial charge in [-0.05, 0) is 24.1 Å². The predicted molar refractivity (Wildman–Crippen MR) is 65.0 cm³/mol. The van der Waals surface area contributed by atoms with Crippen LogP contribution in [0.4, 0.5) is 10.3 Å². The van der Waals surface area contributed by atoms with Crippen molar-refractivity contribution in [2.45, 2.75) is 26.2 Å². The molecule has 0 amide bonds. The maximum Gasteiger partial charge on any atom is 0.230 e. The van der Waals surface area contributed by atoms with Crippen LogP contribution in [0, 0.1) is 5.82 Å². The Bertz CT molecular complexity index is 522. The molecule has 1 aromatic heterocycles. The van der Waals surface area contributed by atoms with Crippen molar-refractivity contribution in [3.8, 4) is 11.1 Å². The van der Waals surface area contributed by atoms with E-state index >= 15 is 0 Å². The number of nitrogen functional groups attached to an aromatic ring is 1. The van der Waals surface area contributed by atoms with Gasteiger partial charge in [0, 0.05) is 5.92 Å². The minimum atomic E-state index is -0.293. The predicted octanol–water partition coefficient (Wildman–Crippen LogP) is 3.58. The van der Waals surface area contributed by atoms with Crippen molar-refractivity contribution >= 4 is 5.88 Å². The second-order valence-corrected chi connectivity index (χ2v) is 4.13. The maximum atomic E-state index is 13.2. The summed E-state index contributed by atoms with van der Waals surface area (Å²) in [7, 11) is 0. The third-order valence-electron chi connectivity index (χ3n) is 2.94. The molecule has 0 spiro atoms. The molecule has 0 aliphatic heterocycles. The summed E-state index contributed by atoms with van der Waals surface area (Å²) in [5.41, 5.74) is 7.97. The SMILES string of the molecule is CCC(C)c1noc(N)c1-c1cccc(F)c1. The van der Waals surface area contributed by atoms with Gasteiger partial charge in [0.1, 0.15) is 5.82 Å². The first-order valence-corrected chi connectivity index (χ1v) is 5.64. The highest BCUT2D eigenvalue weighted by molar-refractivity contribution is 5.75. The lowest BCUT2D eigenvalue weighted by atomic mass is 9.96. The average Bonchev–Trinajstić information content (AvgIpc) is 2.70. The van der Waals surface area contributed by atoms with Crippen molar-refractivity contribution in [3.63, 3.8) is 0 Å². The van der Waals surface area contributed by atoms with Gasteiger partial charge in [-0.15, -0.1) is 0 Å². The number of halogens is 1. The van der Waals surface area contributed by atoms with Gasteiger partial charge in [0.2, 0.25) is 5.88 Å². The minimum Gasteiger partial charge on any atom is -0.367 e. The lowest BCUT2D eigenvalue weighted by Gasteiger charge is -2.07. The number of anilines is 1. The van der Waals surface area contributed by atoms with Crippen LogP contribution in [0.5, 0.6) is 0 Å². The molecule has 4 heteroatoms. The summed E-state index contributed by atoms with van der Waals surface area (Å²) in [4.78, 5) is 0. The molecule has 0 aliphatic carbocycles. The fraction of sp³-hybridized carbons (Fsp3) is 0.308. The molecule has 3 nitrogen and oxygen atoms in total. The Kier molecular flexibility index (Phi) is 3.13. The molecule has 0 bridgehead atoms. The number of hydrogen-bond donors (Lipinski definition) is 1. The molecule has 0 radical (unpaired) electrons. The van der Waals surface area contributed by atoms with Gasteiger partial charge in [-0.2, -0.15) is 0 Å². The van der Waals surface area contributed by atoms with Crippen LogP contribution >= 0.6 is 0 Å². The first-order valence-electron chi connectivity index (χ1n) is 5.64. The van der Waals surface area contributed by atoms with E-state index in [0.29, 0.717) is 11.1 Å². The summed E-state index contributed by atoms with van der Waals surface area (Å²) in [6, 6.07) is 6.29. The first kappa shape index (κ1) is 11.6. The number of aromatic nitrogens is 1. The number of benzene rings is 1. The summed E-state index contributed by atoms with van der Waals surface area (Å²) in [5.74, 6) is 0.179. The van der Waals surface area contributed by atoms with E-state index in [1.807, 2.05) is 6.92 Å². The average molecular weight is 234 g/mol. The van der Waals surface area contributed by atoms with Gasteiger partial charge in [-0.1, -0.05) is 31.1 Å². The molecule has 2 aromatic rings. The lowest BCUT2D eigenvalue weighted by molar-refractivity contribution is 0.421. The molecule has 1 atom stereocenters. The Hall–Kier alpha value is -1.84. The van der Waals surface area contributed by atoms with E-state index < -0.39 is 0 Å². The molecule has 2 N–H and O–H groups in total. The largest absolute Gasteiger partial charge is 0.367 e. The highest BCUT2D eigenvalue weighted by Crippen LogP contribution is 2.35. The molecular weight excluding hydrogens is 219 g/mol. The monoisotopic (exact) mass is 234 g/mol. The van der Waals surface area contributed by atoms with Crippen LogP contribution in [0.2, 0.25) is 0 Å². The molecule has 1 heterocycles. The summed E-state index contributed by atoms with van der Waals surface area (Å²) in [6.07, 6.45) is 0.925. The van der Waals surface area contributed by atoms with E-state index in [2.05, 4.69) is 12.1 Å². The number of rotatable bonds is 3. The van der Waals surface area contributed by atoms with E-state index in [1.54, 1.807) is 12.1 Å². The van der Waals surface area contributed by atoms with Gasteiger partial charge in [0.25, 0.3) is 0 Å². The van der Waals surface area contributed by atoms with Crippen molar-refractivity contribution in [2.75, 3.05) is 5.73 Å². The molecule has 2 rings (SSSR count). The van der Waals surface area contributed by atoms with Crippen molar-refractivity contribution in [1.29, 1.82) is 0 Å². The maximum absolute atomic E-state index is 13.2. The third kappa shape index (κ3) is 2.16. The molecule has 90 valence electrons. The van der Waals surface area contributed by atoms with Crippen molar-refractivity contribution in [3.05, 3.63) is 35.8 Å². The van der Waals surface area contributed by atoms with Crippen LogP contribution in [-0.4, -0.2) is 5.16 Å². The second-order valence-electron chi connectivity index (χ2n) is 4.13. The Balaban J connectivity index is 2.54. The number of nitrogens with zero attached hydrogens (tertiary/aromatic N) is 1. The fourth-order valence-electron chi connectivity index (χ4n) is 1.78. The van der Waals surface area contributed by atoms with Crippen molar-refractivity contribution < 1.29 is 8.91 Å². The molecular formula is C13H15FN2O. The van der Waals surface area contributed by atoms with E-state index in [0.717, 1.165) is 12.1 Å². The number of nitrogens with two attached hydrogens (primary N) is 1. The van der Waals surface area contributed by atoms with Gasteiger partial charge in [-0.3, -0.25) is 0 Å². The second kappa shape index (κ2) is 4.57. The summed E-state index contributed by atoms with van der Waals surface area (Å²) >= 11 is 0. The Morgan fingerprint density at radius 1 is 1.47 bits per heavy atom. The van der Waals surface area contributed by atoms with Crippen LogP contribution < -0.4 is 5.73 Å². The van der Waals surface area contributed by atoms with Crippen molar-refractivity contribution in [1.82, 2.24) is 5.16 Å². The number of hydrogen-bond acceptors (Lipinski definition) is 3. The molecule has 0 saturated carbocycles. The molecule has 1 aromatic carbocycles. The summed E-state index contributed by atoms with van der Waals surface area (Å²) in [5, 5.41) is 3.97. The zero-order chi connectivity index (χ0) is 12.4. The molecule has 0 fully saturated rings. The molecule has 0 aliphatic rings. The van der Waals surface area contributed by atoms with Crippen molar-refractivity contribution in [2.24, 2.45) is 0 Å². The van der Waals surface area contributed by atoms with Gasteiger partial charge in [-0.25, -0.2) is 4.39 Å². The highest BCUT2D eigenvalue weighted by Gasteiger charge is 2.19. The van der Waals surface area contributed by atoms with E-state index in [9.17, 15) is 4.39 Å². The standard InChI is InChI=1S/C13H15FN2O/c1-3-8(2)12-11(13(15)17-16-12)9-5-4-6-10(14)7-9/h4-8H,3,15H2,1-2H3. The van der Waals surface area contributed by atoms with Crippen LogP contribution in [-0.2, 0) is 0 Å². The topological polar surface area (TPSA) is 52.0 Å². The smallest absolute Gasteiger partial charge is 0.230 e. The summed E-state index contributed by atoms with van der Waals surface area (Å²) < 4.78 is 18.2. The van der Waals surface area contributed by atoms with Gasteiger partial charge in [0.15, 0.2) is 0 Å². The zero-order valence-corrected chi connectivity index (χ0v) is 9.90. The van der Waals surface area contributed by atoms with Crippen LogP contribution in [0.15, 0.2) is 28.8 Å². The quantitative estimate of drug-likeness (QED) is 0.883. The Morgan fingerprint density at radius 3 is 2.88 bits per heavy atom. The van der Waals surface area contributed by atoms with Crippen LogP contribution in [0.1, 0.15) is 31.9 Å². The minimum absolute atomic E-state index is 0.231. The van der Waals surface area contributed by atoms with Crippen LogP contribution in [0.3, 0.4) is 0 Å². The normalized spacial score (nSPS) is 12.6.